The summed E-state index contributed by atoms with van der Waals surface area (Å²) in [7, 11) is 1.63. The zero-order valence-corrected chi connectivity index (χ0v) is 15.7. The quantitative estimate of drug-likeness (QED) is 0.468. The number of carbonyl (C=O) groups excluding carboxylic acids is 1. The summed E-state index contributed by atoms with van der Waals surface area (Å²) < 4.78 is 5.28. The first kappa shape index (κ1) is 18.4. The molecule has 0 atom stereocenters. The van der Waals surface area contributed by atoms with Gasteiger partial charge in [-0.05, 0) is 48.4 Å². The van der Waals surface area contributed by atoms with Gasteiger partial charge in [0.05, 0.1) is 12.8 Å². The first-order chi connectivity index (χ1) is 14.2. The maximum atomic E-state index is 12.5. The minimum atomic E-state index is -0.530. The molecule has 1 amide bonds. The largest absolute Gasteiger partial charge is 0.497 e. The van der Waals surface area contributed by atoms with Crippen LogP contribution in [0, 0.1) is 0 Å². The number of nitrogens with one attached hydrogen (secondary N) is 3. The van der Waals surface area contributed by atoms with Gasteiger partial charge in [0.25, 0.3) is 11.5 Å². The Morgan fingerprint density at radius 2 is 2.00 bits per heavy atom. The molecule has 3 N–H and O–H groups in total. The van der Waals surface area contributed by atoms with Crippen molar-refractivity contribution in [2.24, 2.45) is 0 Å². The lowest BCUT2D eigenvalue weighted by Gasteiger charge is -2.06. The highest BCUT2D eigenvalue weighted by Gasteiger charge is 2.13. The molecule has 0 aliphatic heterocycles. The molecule has 8 heteroatoms. The van der Waals surface area contributed by atoms with Crippen LogP contribution in [-0.4, -0.2) is 39.7 Å². The van der Waals surface area contributed by atoms with Crippen molar-refractivity contribution in [2.45, 2.75) is 6.42 Å². The van der Waals surface area contributed by atoms with Crippen LogP contribution in [0.15, 0.2) is 59.8 Å². The number of aromatic amines is 2. The standard InChI is InChI=1S/C21H19N5O3/c1-29-15-2-3-18-16(10-15)14(12-24-18)6-9-23-20(27)17-11-19(25-26-21(17)28)13-4-7-22-8-5-13/h2-5,7-8,10-12,24H,6,9H2,1H3,(H,23,27)(H,26,28). The van der Waals surface area contributed by atoms with E-state index in [4.69, 9.17) is 4.74 Å². The Morgan fingerprint density at radius 1 is 1.17 bits per heavy atom. The fourth-order valence-electron chi connectivity index (χ4n) is 3.14. The average molecular weight is 389 g/mol. The minimum absolute atomic E-state index is 0.0207. The Bertz CT molecular complexity index is 1210. The monoisotopic (exact) mass is 389 g/mol. The molecule has 0 saturated heterocycles. The van der Waals surface area contributed by atoms with Gasteiger partial charge in [0.15, 0.2) is 0 Å². The number of fused-ring (bicyclic) bond motifs is 1. The van der Waals surface area contributed by atoms with Crippen molar-refractivity contribution in [3.05, 3.63) is 76.5 Å². The van der Waals surface area contributed by atoms with Crippen LogP contribution >= 0.6 is 0 Å². The molecule has 3 aromatic heterocycles. The summed E-state index contributed by atoms with van der Waals surface area (Å²) in [5, 5.41) is 10.2. The van der Waals surface area contributed by atoms with Crippen molar-refractivity contribution in [3.63, 3.8) is 0 Å². The zero-order chi connectivity index (χ0) is 20.2. The minimum Gasteiger partial charge on any atom is -0.497 e. The first-order valence-corrected chi connectivity index (χ1v) is 9.08. The van der Waals surface area contributed by atoms with Crippen molar-refractivity contribution in [1.82, 2.24) is 25.5 Å². The van der Waals surface area contributed by atoms with Crippen LogP contribution in [0.4, 0.5) is 0 Å². The maximum absolute atomic E-state index is 12.5. The van der Waals surface area contributed by atoms with E-state index < -0.39 is 11.5 Å². The number of hydrogen-bond donors (Lipinski definition) is 3. The predicted octanol–water partition coefficient (Wildman–Crippen LogP) is 2.29. The highest BCUT2D eigenvalue weighted by Crippen LogP contribution is 2.23. The van der Waals surface area contributed by atoms with E-state index in [0.717, 1.165) is 27.8 Å². The first-order valence-electron chi connectivity index (χ1n) is 9.08. The maximum Gasteiger partial charge on any atom is 0.277 e. The molecule has 0 radical (unpaired) electrons. The van der Waals surface area contributed by atoms with Crippen molar-refractivity contribution in [3.8, 4) is 17.0 Å². The number of nitrogens with zero attached hydrogens (tertiary/aromatic N) is 2. The van der Waals surface area contributed by atoms with Crippen LogP contribution in [0.2, 0.25) is 0 Å². The fourth-order valence-corrected chi connectivity index (χ4v) is 3.14. The van der Waals surface area contributed by atoms with Crippen molar-refractivity contribution >= 4 is 16.8 Å². The van der Waals surface area contributed by atoms with E-state index >= 15 is 0 Å². The third kappa shape index (κ3) is 3.86. The summed E-state index contributed by atoms with van der Waals surface area (Å²) in [5.41, 5.74) is 2.81. The smallest absolute Gasteiger partial charge is 0.277 e. The number of rotatable bonds is 6. The normalized spacial score (nSPS) is 10.8. The fraction of sp³-hybridized carbons (Fsp3) is 0.143. The molecule has 0 spiro atoms. The Labute approximate surface area is 166 Å². The van der Waals surface area contributed by atoms with Crippen LogP contribution in [0.25, 0.3) is 22.2 Å². The van der Waals surface area contributed by atoms with E-state index in [9.17, 15) is 9.59 Å². The highest BCUT2D eigenvalue weighted by molar-refractivity contribution is 5.94. The second-order valence-electron chi connectivity index (χ2n) is 6.46. The van der Waals surface area contributed by atoms with Crippen LogP contribution in [0.5, 0.6) is 5.75 Å². The van der Waals surface area contributed by atoms with Gasteiger partial charge in [-0.15, -0.1) is 0 Å². The third-order valence-electron chi connectivity index (χ3n) is 4.68. The lowest BCUT2D eigenvalue weighted by Crippen LogP contribution is -2.31. The lowest BCUT2D eigenvalue weighted by atomic mass is 10.1. The van der Waals surface area contributed by atoms with Gasteiger partial charge >= 0.3 is 0 Å². The van der Waals surface area contributed by atoms with Crippen molar-refractivity contribution in [1.29, 1.82) is 0 Å². The molecule has 0 fully saturated rings. The number of hydrogen-bond acceptors (Lipinski definition) is 5. The topological polar surface area (TPSA) is 113 Å². The van der Waals surface area contributed by atoms with Gasteiger partial charge in [-0.25, -0.2) is 5.10 Å². The Kier molecular flexibility index (Phi) is 5.07. The van der Waals surface area contributed by atoms with Gasteiger partial charge in [-0.1, -0.05) is 0 Å². The number of carbonyl (C=O) groups is 1. The van der Waals surface area contributed by atoms with Crippen molar-refractivity contribution < 1.29 is 9.53 Å². The molecular weight excluding hydrogens is 370 g/mol. The van der Waals surface area contributed by atoms with Crippen LogP contribution in [0.1, 0.15) is 15.9 Å². The number of amides is 1. The second kappa shape index (κ2) is 7.97. The molecular formula is C21H19N5O3. The van der Waals surface area contributed by atoms with E-state index in [2.05, 4.69) is 25.5 Å². The number of H-pyrrole nitrogens is 2. The van der Waals surface area contributed by atoms with E-state index in [1.54, 1.807) is 31.6 Å². The van der Waals surface area contributed by atoms with Gasteiger partial charge in [-0.3, -0.25) is 14.6 Å². The predicted molar refractivity (Wildman–Crippen MR) is 109 cm³/mol. The molecule has 1 aromatic carbocycles. The number of aromatic nitrogens is 4. The molecule has 0 bridgehead atoms. The van der Waals surface area contributed by atoms with Crippen LogP contribution < -0.4 is 15.6 Å². The number of benzene rings is 1. The van der Waals surface area contributed by atoms with Crippen molar-refractivity contribution in [2.75, 3.05) is 13.7 Å². The summed E-state index contributed by atoms with van der Waals surface area (Å²) in [4.78, 5) is 31.8. The summed E-state index contributed by atoms with van der Waals surface area (Å²) in [5.74, 6) is 0.329. The lowest BCUT2D eigenvalue weighted by molar-refractivity contribution is 0.0952. The SMILES string of the molecule is COc1ccc2[nH]cc(CCNC(=O)c3cc(-c4ccncc4)n[nH]c3=O)c2c1. The zero-order valence-electron chi connectivity index (χ0n) is 15.7. The summed E-state index contributed by atoms with van der Waals surface area (Å²) in [6.07, 6.45) is 5.77. The molecule has 4 aromatic rings. The third-order valence-corrected chi connectivity index (χ3v) is 4.68. The highest BCUT2D eigenvalue weighted by atomic mass is 16.5. The van der Waals surface area contributed by atoms with Gasteiger partial charge < -0.3 is 15.0 Å². The Balaban J connectivity index is 1.47. The molecule has 0 saturated carbocycles. The van der Waals surface area contributed by atoms with Crippen LogP contribution in [0.3, 0.4) is 0 Å². The molecule has 8 nitrogen and oxygen atoms in total. The van der Waals surface area contributed by atoms with Crippen LogP contribution in [-0.2, 0) is 6.42 Å². The number of ether oxygens (including phenoxy) is 1. The van der Waals surface area contributed by atoms with Gasteiger partial charge in [0, 0.05) is 41.6 Å². The molecule has 146 valence electrons. The Hall–Kier alpha value is -3.94. The Morgan fingerprint density at radius 3 is 2.79 bits per heavy atom. The van der Waals surface area contributed by atoms with Gasteiger partial charge in [0.1, 0.15) is 11.3 Å². The molecule has 3 heterocycles. The van der Waals surface area contributed by atoms with E-state index in [1.165, 1.54) is 6.07 Å². The number of pyridine rings is 1. The summed E-state index contributed by atoms with van der Waals surface area (Å²) in [6.45, 7) is 0.384. The van der Waals surface area contributed by atoms with Gasteiger partial charge in [0.2, 0.25) is 0 Å². The van der Waals surface area contributed by atoms with E-state index in [-0.39, 0.29) is 5.56 Å². The molecule has 0 unspecified atom stereocenters. The molecule has 0 aliphatic carbocycles. The van der Waals surface area contributed by atoms with Gasteiger partial charge in [-0.2, -0.15) is 5.10 Å². The number of methoxy groups -OCH3 is 1. The van der Waals surface area contributed by atoms with E-state index in [1.807, 2.05) is 24.4 Å². The molecule has 4 rings (SSSR count). The average Bonchev–Trinajstić information content (AvgIpc) is 3.16. The summed E-state index contributed by atoms with van der Waals surface area (Å²) in [6, 6.07) is 10.8. The van der Waals surface area contributed by atoms with E-state index in [0.29, 0.717) is 18.7 Å². The molecule has 0 aliphatic rings. The molecule has 29 heavy (non-hydrogen) atoms. The summed E-state index contributed by atoms with van der Waals surface area (Å²) >= 11 is 0. The second-order valence-corrected chi connectivity index (χ2v) is 6.46.